The van der Waals surface area contributed by atoms with Crippen LogP contribution in [-0.4, -0.2) is 84.5 Å². The average Bonchev–Trinajstić information content (AvgIpc) is 0.774. The molecule has 0 saturated carbocycles. The molecule has 503 valence electrons. The van der Waals surface area contributed by atoms with Crippen molar-refractivity contribution in [3.8, 4) is 80.1 Å². The molecule has 23 nitrogen and oxygen atoms in total. The molecule has 0 spiro atoms. The first kappa shape index (κ1) is 87.8. The number of phenols is 5. The van der Waals surface area contributed by atoms with Crippen LogP contribution in [0, 0.1) is 32.0 Å². The van der Waals surface area contributed by atoms with Gasteiger partial charge in [0.15, 0.2) is 23.0 Å². The van der Waals surface area contributed by atoms with E-state index in [1.54, 1.807) is 6.29 Å². The Morgan fingerprint density at radius 2 is 1.05 bits per heavy atom. The standard InChI is InChI=1S/C61H48N6O17S5.7W.Y/c1-24-29-8-15-40(70)43(17-29)83-34-20-35(25(2)41(71)21-34)49-59(78)64-48-31-18-44(54(84-85)45(19-31)82-33-12-6-28(7-13-33)55(89(86,87)88)51(61(80)65-49)67-56(24)75)81-32-10-4-27(5-11-32)53(74)50-60(79)62-38(23-68)36-22-42(72)26(3)52(73)46(36)37-16-30(9-14-39(37)69)47(57(76)66-50)63-58(48)77;;;;;;;;/h4-10,12,14-20,22,24,38,47-51,53,55,69-74,85H,1-3H3,(H,62,79)(H,63,77)(H,64,78)(H,65,80)(H,66,76)(H,67,75)(H,86,87,88);;;;;;;;/q-4;;;;;;;;. The molecule has 7 aromatic rings. The third-order valence-electron chi connectivity index (χ3n) is 15.6. The van der Waals surface area contributed by atoms with E-state index in [9.17, 15) is 45.0 Å². The summed E-state index contributed by atoms with van der Waals surface area (Å²) < 4.78 is 24.5. The van der Waals surface area contributed by atoms with Crippen LogP contribution in [0.4, 0.5) is 0 Å². The Balaban J connectivity index is 0.00000306. The predicted octanol–water partition coefficient (Wildman–Crippen LogP) is 5.74. The van der Waals surface area contributed by atoms with E-state index in [0.29, 0.717) is 5.56 Å². The normalized spacial score (nSPS) is 20.7. The number of thiol groups is 2. The summed E-state index contributed by atoms with van der Waals surface area (Å²) in [6.45, 7) is 4.19. The van der Waals surface area contributed by atoms with Gasteiger partial charge >= 0.3 is 0 Å². The summed E-state index contributed by atoms with van der Waals surface area (Å²) in [6.07, 6.45) is -3.50. The summed E-state index contributed by atoms with van der Waals surface area (Å²) in [5.74, 6) is -12.3. The Kier molecular flexibility index (Phi) is 32.7. The second-order valence-electron chi connectivity index (χ2n) is 21.1. The topological polar surface area (TPSA) is 350 Å². The fraction of sp³-hybridized carbons (Fsp3) is 0.197. The number of carbonyl (C=O) groups is 6. The first-order valence-corrected chi connectivity index (χ1v) is 31.7. The molecule has 0 fully saturated rings. The van der Waals surface area contributed by atoms with Gasteiger partial charge in [-0.05, 0) is 113 Å². The molecule has 6 aliphatic heterocycles. The van der Waals surface area contributed by atoms with E-state index in [1.807, 2.05) is 0 Å². The van der Waals surface area contributed by atoms with Crippen molar-refractivity contribution < 1.29 is 263 Å². The van der Waals surface area contributed by atoms with E-state index < -0.39 is 124 Å². The zero-order valence-corrected chi connectivity index (χ0v) is 77.3. The van der Waals surface area contributed by atoms with Gasteiger partial charge in [-0.1, -0.05) is 25.1 Å². The fourth-order valence-corrected chi connectivity index (χ4v) is 14.0. The van der Waals surface area contributed by atoms with Crippen LogP contribution in [-0.2, 0) is 242 Å². The molecular formula is C61H48N6O17S5W7Y-4. The smallest absolute Gasteiger partial charge is 0.248 e. The Labute approximate surface area is 700 Å². The van der Waals surface area contributed by atoms with Crippen molar-refractivity contribution in [3.05, 3.63) is 165 Å². The first-order chi connectivity index (χ1) is 42.3. The molecule has 1 radical (unpaired) electrons. The third kappa shape index (κ3) is 18.2. The van der Waals surface area contributed by atoms with Gasteiger partial charge in [0.05, 0.1) is 12.0 Å². The van der Waals surface area contributed by atoms with Crippen molar-refractivity contribution in [2.24, 2.45) is 0 Å². The molecule has 6 heterocycles. The SMILES string of the molecule is Cc1c(O)[c-]c2cc1C1NC(=O)C(NC(=O)C(C)c3ccc(O)c(c3)O2)C(S(=S)(=S)S)c2c[c-]c(cc2)Oc2cc3cc(c2OS)Oc2[c-]cc(cc2)C(O)C2NC(=O)C(NC(=O)C3NC1=O)c1ccc(O)c(c1)-c1c(cc(O)c(C)c1O)C([C-]=O)NC2=O.[W].[W].[W].[W].[W].[W].[W].[Y]. The number of ether oxygens (including phenoxy) is 3. The second kappa shape index (κ2) is 36.2. The quantitative estimate of drug-likeness (QED) is 0.0434. The molecule has 6 aliphatic rings. The van der Waals surface area contributed by atoms with Crippen LogP contribution in [0.15, 0.2) is 97.1 Å². The maximum atomic E-state index is 15.9. The zero-order valence-electron chi connectivity index (χ0n) is 49.7. The van der Waals surface area contributed by atoms with E-state index >= 15 is 19.2 Å². The number of amides is 6. The minimum atomic E-state index is -3.15. The molecule has 9 unspecified atom stereocenters. The van der Waals surface area contributed by atoms with Crippen molar-refractivity contribution in [1.29, 1.82) is 0 Å². The molecular weight excluding hydrogens is 2620 g/mol. The predicted molar refractivity (Wildman–Crippen MR) is 329 cm³/mol. The van der Waals surface area contributed by atoms with Crippen molar-refractivity contribution in [3.63, 3.8) is 0 Å². The third-order valence-corrected chi connectivity index (χ3v) is 18.9. The number of rotatable bonds is 3. The molecule has 7 aromatic carbocycles. The van der Waals surface area contributed by atoms with Crippen LogP contribution in [0.1, 0.15) is 98.4 Å². The van der Waals surface area contributed by atoms with E-state index in [1.165, 1.54) is 99.6 Å². The number of benzene rings is 7. The van der Waals surface area contributed by atoms with Gasteiger partial charge in [0.1, 0.15) is 47.5 Å². The minimum Gasteiger partial charge on any atom is -0.540 e. The zero-order chi connectivity index (χ0) is 63.7. The van der Waals surface area contributed by atoms with Crippen LogP contribution in [0.25, 0.3) is 11.1 Å². The van der Waals surface area contributed by atoms with Gasteiger partial charge in [0, 0.05) is 238 Å². The van der Waals surface area contributed by atoms with E-state index in [4.69, 9.17) is 40.8 Å². The van der Waals surface area contributed by atoms with Crippen LogP contribution >= 0.6 is 24.6 Å². The number of hydrogen-bond acceptors (Lipinski definition) is 20. The molecule has 0 aromatic heterocycles. The van der Waals surface area contributed by atoms with Gasteiger partial charge in [0.2, 0.25) is 41.2 Å². The van der Waals surface area contributed by atoms with Gasteiger partial charge in [0.25, 0.3) is 0 Å². The second-order valence-corrected chi connectivity index (χ2v) is 29.8. The van der Waals surface area contributed by atoms with Crippen molar-refractivity contribution in [2.75, 3.05) is 0 Å². The van der Waals surface area contributed by atoms with Crippen LogP contribution in [0.2, 0.25) is 0 Å². The number of carbonyl (C=O) groups excluding carboxylic acids is 7. The van der Waals surface area contributed by atoms with Gasteiger partial charge in [-0.3, -0.25) is 28.8 Å². The number of aliphatic hydroxyl groups is 1. The number of aliphatic hydroxyl groups excluding tert-OH is 1. The Morgan fingerprint density at radius 1 is 0.546 bits per heavy atom. The largest absolute Gasteiger partial charge is 0.540 e. The van der Waals surface area contributed by atoms with Crippen molar-refractivity contribution in [1.82, 2.24) is 31.9 Å². The molecule has 0 aliphatic carbocycles. The van der Waals surface area contributed by atoms with E-state index in [2.05, 4.69) is 74.7 Å². The molecule has 36 heteroatoms. The maximum absolute atomic E-state index is 15.9. The van der Waals surface area contributed by atoms with Crippen LogP contribution in [0.5, 0.6) is 69.0 Å². The van der Waals surface area contributed by atoms with Gasteiger partial charge in [-0.2, -0.15) is 24.3 Å². The molecule has 17 bridgehead atoms. The number of nitrogens with one attached hydrogen (secondary N) is 6. The molecule has 0 saturated heterocycles. The van der Waals surface area contributed by atoms with Gasteiger partial charge < -0.3 is 85.7 Å². The van der Waals surface area contributed by atoms with Crippen molar-refractivity contribution in [2.45, 2.75) is 74.3 Å². The number of hydrogen-bond donors (Lipinski definition) is 14. The van der Waals surface area contributed by atoms with Crippen molar-refractivity contribution >= 4 is 94.9 Å². The Bertz CT molecular complexity index is 4310. The number of aromatic hydroxyl groups is 5. The van der Waals surface area contributed by atoms with E-state index in [0.717, 1.165) is 18.2 Å². The molecule has 12 N–H and O–H groups in total. The molecule has 97 heavy (non-hydrogen) atoms. The van der Waals surface area contributed by atoms with E-state index in [-0.39, 0.29) is 276 Å². The molecule has 6 amide bonds. The number of phenolic OH excluding ortho intramolecular Hbond substituents is 5. The van der Waals surface area contributed by atoms with Gasteiger partial charge in [-0.15, -0.1) is 64.2 Å². The Hall–Kier alpha value is -3.40. The average molecular weight is 2670 g/mol. The minimum absolute atomic E-state index is 0. The molecule has 13 rings (SSSR count). The summed E-state index contributed by atoms with van der Waals surface area (Å²) in [7, 11) is 0. The first-order valence-electron chi connectivity index (χ1n) is 26.7. The van der Waals surface area contributed by atoms with Crippen LogP contribution < -0.4 is 50.3 Å². The summed E-state index contributed by atoms with van der Waals surface area (Å²) in [5, 5.41) is 83.3. The van der Waals surface area contributed by atoms with Gasteiger partial charge in [-0.25, -0.2) is 6.29 Å². The maximum Gasteiger partial charge on any atom is 0.248 e. The summed E-state index contributed by atoms with van der Waals surface area (Å²) in [5.41, 5.74) is -1.38. The Morgan fingerprint density at radius 3 is 1.63 bits per heavy atom. The summed E-state index contributed by atoms with van der Waals surface area (Å²) >= 11 is 20.6. The monoisotopic (exact) mass is 2670 g/mol. The summed E-state index contributed by atoms with van der Waals surface area (Å²) in [4.78, 5) is 105. The fourth-order valence-electron chi connectivity index (χ4n) is 10.7. The molecule has 9 atom stereocenters. The summed E-state index contributed by atoms with van der Waals surface area (Å²) in [6, 6.07) is 16.9. The number of fused-ring (bicyclic) bond motifs is 14. The van der Waals surface area contributed by atoms with Crippen LogP contribution in [0.3, 0.4) is 0 Å².